The SMILES string of the molecule is C[C@@H]1CN(C(=O)OCc2ccccc2)CCN1C[C@H]1CN(C(=O)OC(C)(C)C)[C@H](C)CN1CC(=O)N1CC(C)(C)c2ncc(Cc3ccc(F)cc3)cc21. The van der Waals surface area contributed by atoms with Crippen LogP contribution in [0.5, 0.6) is 0 Å². The van der Waals surface area contributed by atoms with Gasteiger partial charge in [0, 0.05) is 75.6 Å². The lowest BCUT2D eigenvalue weighted by molar-refractivity contribution is -0.121. The summed E-state index contributed by atoms with van der Waals surface area (Å²) < 4.78 is 25.0. The van der Waals surface area contributed by atoms with Gasteiger partial charge in [0.2, 0.25) is 5.91 Å². The fourth-order valence-corrected chi connectivity index (χ4v) is 7.76. The number of fused-ring (bicyclic) bond motifs is 1. The van der Waals surface area contributed by atoms with Gasteiger partial charge in [-0.2, -0.15) is 0 Å². The molecular formula is C42H55FN6O5. The number of ether oxygens (including phenoxy) is 2. The number of pyridine rings is 1. The first-order valence-corrected chi connectivity index (χ1v) is 19.0. The Morgan fingerprint density at radius 2 is 1.59 bits per heavy atom. The number of hydrogen-bond acceptors (Lipinski definition) is 8. The van der Waals surface area contributed by atoms with Crippen molar-refractivity contribution in [3.63, 3.8) is 0 Å². The van der Waals surface area contributed by atoms with Crippen LogP contribution in [0.4, 0.5) is 19.7 Å². The number of benzene rings is 2. The molecule has 4 heterocycles. The van der Waals surface area contributed by atoms with E-state index in [1.807, 2.05) is 75.2 Å². The number of aromatic nitrogens is 1. The third-order valence-electron chi connectivity index (χ3n) is 10.6. The number of carbonyl (C=O) groups excluding carboxylic acids is 3. The molecule has 0 radical (unpaired) electrons. The van der Waals surface area contributed by atoms with Gasteiger partial charge < -0.3 is 24.2 Å². The van der Waals surface area contributed by atoms with E-state index in [1.165, 1.54) is 12.1 Å². The van der Waals surface area contributed by atoms with Crippen LogP contribution in [0.2, 0.25) is 0 Å². The van der Waals surface area contributed by atoms with Gasteiger partial charge in [0.1, 0.15) is 18.0 Å². The number of nitrogens with zero attached hydrogens (tertiary/aromatic N) is 6. The second-order valence-electron chi connectivity index (χ2n) is 16.8. The van der Waals surface area contributed by atoms with Gasteiger partial charge in [0.15, 0.2) is 0 Å². The van der Waals surface area contributed by atoms with Gasteiger partial charge in [-0.3, -0.25) is 19.6 Å². The molecule has 3 aliphatic heterocycles. The highest BCUT2D eigenvalue weighted by molar-refractivity contribution is 5.97. The summed E-state index contributed by atoms with van der Waals surface area (Å²) in [7, 11) is 0. The van der Waals surface area contributed by atoms with Crippen LogP contribution >= 0.6 is 0 Å². The normalized spacial score (nSPS) is 21.9. The van der Waals surface area contributed by atoms with Gasteiger partial charge in [0.25, 0.3) is 0 Å². The van der Waals surface area contributed by atoms with Crippen molar-refractivity contribution in [3.8, 4) is 0 Å². The zero-order valence-corrected chi connectivity index (χ0v) is 32.8. The van der Waals surface area contributed by atoms with Crippen LogP contribution in [-0.4, -0.2) is 119 Å². The first-order valence-electron chi connectivity index (χ1n) is 19.0. The van der Waals surface area contributed by atoms with E-state index in [-0.39, 0.29) is 60.6 Å². The van der Waals surface area contributed by atoms with Crippen LogP contribution in [0, 0.1) is 5.82 Å². The maximum absolute atomic E-state index is 14.4. The molecule has 290 valence electrons. The minimum Gasteiger partial charge on any atom is -0.445 e. The molecule has 2 fully saturated rings. The van der Waals surface area contributed by atoms with Crippen LogP contribution in [-0.2, 0) is 32.7 Å². The van der Waals surface area contributed by atoms with Crippen LogP contribution in [0.15, 0.2) is 66.9 Å². The third-order valence-corrected chi connectivity index (χ3v) is 10.6. The summed E-state index contributed by atoms with van der Waals surface area (Å²) in [5.41, 5.74) is 3.57. The molecule has 3 aromatic rings. The molecule has 11 nitrogen and oxygen atoms in total. The molecule has 3 aliphatic rings. The molecule has 0 unspecified atom stereocenters. The largest absolute Gasteiger partial charge is 0.445 e. The van der Waals surface area contributed by atoms with Gasteiger partial charge in [-0.1, -0.05) is 56.3 Å². The van der Waals surface area contributed by atoms with Crippen molar-refractivity contribution in [1.29, 1.82) is 0 Å². The van der Waals surface area contributed by atoms with Crippen LogP contribution in [0.1, 0.15) is 70.9 Å². The van der Waals surface area contributed by atoms with Gasteiger partial charge in [0.05, 0.1) is 17.9 Å². The second kappa shape index (κ2) is 16.0. The first-order chi connectivity index (χ1) is 25.6. The van der Waals surface area contributed by atoms with E-state index < -0.39 is 5.60 Å². The van der Waals surface area contributed by atoms with E-state index in [9.17, 15) is 18.8 Å². The van der Waals surface area contributed by atoms with Crippen LogP contribution in [0.3, 0.4) is 0 Å². The number of amides is 3. The summed E-state index contributed by atoms with van der Waals surface area (Å²) in [6, 6.07) is 17.8. The quantitative estimate of drug-likeness (QED) is 0.274. The lowest BCUT2D eigenvalue weighted by atomic mass is 9.91. The predicted molar refractivity (Wildman–Crippen MR) is 206 cm³/mol. The number of halogens is 1. The highest BCUT2D eigenvalue weighted by atomic mass is 19.1. The summed E-state index contributed by atoms with van der Waals surface area (Å²) in [6.07, 6.45) is 1.74. The number of carbonyl (C=O) groups is 3. The fraction of sp³-hybridized carbons (Fsp3) is 0.524. The molecule has 0 spiro atoms. The first kappa shape index (κ1) is 39.2. The standard InChI is InChI=1S/C42H55FN6O5/c1-29-22-46(39(51)53-27-32-11-9-8-10-12-32)18-17-45(29)24-35-25-48(40(52)54-41(3,4)5)30(2)23-47(35)26-37(50)49-28-42(6,7)38-36(49)20-33(21-44-38)19-31-13-15-34(43)16-14-31/h8-16,20-21,29-30,35H,17-19,22-28H2,1-7H3/t29-,30-,35+/m1/s1. The lowest BCUT2D eigenvalue weighted by Crippen LogP contribution is -2.65. The number of anilines is 1. The zero-order valence-electron chi connectivity index (χ0n) is 32.8. The lowest BCUT2D eigenvalue weighted by Gasteiger charge is -2.48. The monoisotopic (exact) mass is 742 g/mol. The fourth-order valence-electron chi connectivity index (χ4n) is 7.76. The Bertz CT molecular complexity index is 1800. The maximum atomic E-state index is 14.4. The van der Waals surface area contributed by atoms with Gasteiger partial charge in [-0.15, -0.1) is 0 Å². The predicted octanol–water partition coefficient (Wildman–Crippen LogP) is 6.09. The highest BCUT2D eigenvalue weighted by Crippen LogP contribution is 2.40. The summed E-state index contributed by atoms with van der Waals surface area (Å²) >= 11 is 0. The van der Waals surface area contributed by atoms with Crippen molar-refractivity contribution in [1.82, 2.24) is 24.6 Å². The van der Waals surface area contributed by atoms with Crippen LogP contribution in [0.25, 0.3) is 0 Å². The van der Waals surface area contributed by atoms with E-state index >= 15 is 0 Å². The van der Waals surface area contributed by atoms with Crippen molar-refractivity contribution in [2.75, 3.05) is 57.3 Å². The van der Waals surface area contributed by atoms with Crippen LogP contribution < -0.4 is 4.90 Å². The zero-order chi connectivity index (χ0) is 38.8. The Balaban J connectivity index is 1.16. The van der Waals surface area contributed by atoms with Gasteiger partial charge in [-0.05, 0) is 75.9 Å². The molecule has 6 rings (SSSR count). The second-order valence-corrected chi connectivity index (χ2v) is 16.8. The van der Waals surface area contributed by atoms with E-state index in [0.29, 0.717) is 52.2 Å². The van der Waals surface area contributed by atoms with Crippen molar-refractivity contribution in [2.45, 2.75) is 90.6 Å². The average Bonchev–Trinajstić information content (AvgIpc) is 3.39. The Labute approximate surface area is 319 Å². The number of hydrogen-bond donors (Lipinski definition) is 0. The molecule has 12 heteroatoms. The molecule has 0 bridgehead atoms. The summed E-state index contributed by atoms with van der Waals surface area (Å²) in [5.74, 6) is -0.302. The van der Waals surface area contributed by atoms with Gasteiger partial charge in [-0.25, -0.2) is 14.0 Å². The molecule has 1 aromatic heterocycles. The molecule has 3 amide bonds. The number of rotatable bonds is 8. The van der Waals surface area contributed by atoms with Gasteiger partial charge >= 0.3 is 12.2 Å². The third kappa shape index (κ3) is 9.38. The molecule has 2 aromatic carbocycles. The van der Waals surface area contributed by atoms with Crippen molar-refractivity contribution in [3.05, 3.63) is 95.1 Å². The molecular weight excluding hydrogens is 687 g/mol. The summed E-state index contributed by atoms with van der Waals surface area (Å²) in [5, 5.41) is 0. The topological polar surface area (TPSA) is 98.8 Å². The molecule has 3 atom stereocenters. The molecule has 54 heavy (non-hydrogen) atoms. The van der Waals surface area contributed by atoms with E-state index in [1.54, 1.807) is 21.9 Å². The Morgan fingerprint density at radius 3 is 2.28 bits per heavy atom. The van der Waals surface area contributed by atoms with E-state index in [2.05, 4.69) is 30.6 Å². The van der Waals surface area contributed by atoms with Crippen molar-refractivity contribution < 1.29 is 28.2 Å². The van der Waals surface area contributed by atoms with E-state index in [4.69, 9.17) is 14.5 Å². The minimum absolute atomic E-state index is 0.0236. The molecule has 0 aliphatic carbocycles. The minimum atomic E-state index is -0.640. The molecule has 0 saturated carbocycles. The number of piperazine rings is 2. The Hall–Kier alpha value is -4.55. The highest BCUT2D eigenvalue weighted by Gasteiger charge is 2.43. The van der Waals surface area contributed by atoms with Crippen molar-refractivity contribution >= 4 is 23.8 Å². The summed E-state index contributed by atoms with van der Waals surface area (Å²) in [4.78, 5) is 55.6. The Kier molecular flexibility index (Phi) is 11.6. The average molecular weight is 743 g/mol. The molecule has 0 N–H and O–H groups in total. The smallest absolute Gasteiger partial charge is 0.410 e. The Morgan fingerprint density at radius 1 is 0.870 bits per heavy atom. The van der Waals surface area contributed by atoms with E-state index in [0.717, 1.165) is 28.1 Å². The summed E-state index contributed by atoms with van der Waals surface area (Å²) in [6.45, 7) is 18.0. The maximum Gasteiger partial charge on any atom is 0.410 e. The molecule has 2 saturated heterocycles. The van der Waals surface area contributed by atoms with Crippen molar-refractivity contribution in [2.24, 2.45) is 0 Å².